The summed E-state index contributed by atoms with van der Waals surface area (Å²) in [6.07, 6.45) is 4.40. The molecule has 37 heavy (non-hydrogen) atoms. The van der Waals surface area contributed by atoms with Crippen LogP contribution in [0, 0.1) is 0 Å². The van der Waals surface area contributed by atoms with E-state index < -0.39 is 0 Å². The summed E-state index contributed by atoms with van der Waals surface area (Å²) in [7, 11) is 0. The summed E-state index contributed by atoms with van der Waals surface area (Å²) in [4.78, 5) is 5.33. The zero-order valence-electron chi connectivity index (χ0n) is 21.9. The van der Waals surface area contributed by atoms with Crippen molar-refractivity contribution in [2.75, 3.05) is 39.3 Å². The largest absolute Gasteiger partial charge is 0.301 e. The molecule has 0 N–H and O–H groups in total. The van der Waals surface area contributed by atoms with Gasteiger partial charge in [0.25, 0.3) is 0 Å². The van der Waals surface area contributed by atoms with Crippen LogP contribution in [0.5, 0.6) is 0 Å². The molecule has 0 aliphatic carbocycles. The van der Waals surface area contributed by atoms with Gasteiger partial charge < -0.3 is 9.80 Å². The third kappa shape index (κ3) is 10.9. The van der Waals surface area contributed by atoms with Gasteiger partial charge in [0.05, 0.1) is 0 Å². The molecule has 0 fully saturated rings. The van der Waals surface area contributed by atoms with E-state index in [0.29, 0.717) is 0 Å². The first-order chi connectivity index (χ1) is 17.8. The maximum Gasteiger partial charge on any atom is 0.0110 e. The fourth-order valence-corrected chi connectivity index (χ4v) is 4.68. The maximum absolute atomic E-state index is 2.66. The lowest BCUT2D eigenvalue weighted by molar-refractivity contribution is 0.208. The lowest BCUT2D eigenvalue weighted by Gasteiger charge is -2.28. The van der Waals surface area contributed by atoms with Gasteiger partial charge >= 0.3 is 0 Å². The van der Waals surface area contributed by atoms with Crippen molar-refractivity contribution < 1.29 is 0 Å². The van der Waals surface area contributed by atoms with Crippen LogP contribution < -0.4 is 0 Å². The van der Waals surface area contributed by atoms with Crippen LogP contribution in [-0.4, -0.2) is 49.1 Å². The number of hydrogen-bond donors (Lipinski definition) is 0. The SMILES string of the molecule is Cl.c1ccc(CCN(CCc2ccccc2)CCN(CCc2ccccc2)CCc2ccccc2)cc1. The first-order valence-electron chi connectivity index (χ1n) is 13.5. The van der Waals surface area contributed by atoms with Crippen LogP contribution in [0.4, 0.5) is 0 Å². The van der Waals surface area contributed by atoms with E-state index in [9.17, 15) is 0 Å². The predicted octanol–water partition coefficient (Wildman–Crippen LogP) is 6.98. The third-order valence-corrected chi connectivity index (χ3v) is 6.97. The van der Waals surface area contributed by atoms with Crippen LogP contribution in [0.25, 0.3) is 0 Å². The highest BCUT2D eigenvalue weighted by Gasteiger charge is 2.11. The molecule has 0 aliphatic rings. The average Bonchev–Trinajstić information content (AvgIpc) is 2.95. The summed E-state index contributed by atoms with van der Waals surface area (Å²) in [5, 5.41) is 0. The minimum absolute atomic E-state index is 0. The molecule has 0 aromatic heterocycles. The second-order valence-corrected chi connectivity index (χ2v) is 9.63. The molecule has 0 spiro atoms. The zero-order valence-corrected chi connectivity index (χ0v) is 22.7. The summed E-state index contributed by atoms with van der Waals surface area (Å²) in [5.41, 5.74) is 5.69. The molecule has 0 aliphatic heterocycles. The molecule has 4 rings (SSSR count). The van der Waals surface area contributed by atoms with Crippen molar-refractivity contribution >= 4 is 12.4 Å². The van der Waals surface area contributed by atoms with Gasteiger partial charge in [0.1, 0.15) is 0 Å². The molecule has 194 valence electrons. The second-order valence-electron chi connectivity index (χ2n) is 9.63. The quantitative estimate of drug-likeness (QED) is 0.169. The van der Waals surface area contributed by atoms with Crippen LogP contribution in [0.3, 0.4) is 0 Å². The molecule has 0 amide bonds. The molecule has 3 heteroatoms. The van der Waals surface area contributed by atoms with Crippen LogP contribution in [0.15, 0.2) is 121 Å². The molecule has 2 nitrogen and oxygen atoms in total. The molecule has 4 aromatic carbocycles. The van der Waals surface area contributed by atoms with Crippen molar-refractivity contribution in [3.05, 3.63) is 144 Å². The lowest BCUT2D eigenvalue weighted by Crippen LogP contribution is -2.39. The molecule has 0 atom stereocenters. The van der Waals surface area contributed by atoms with Crippen LogP contribution >= 0.6 is 12.4 Å². The van der Waals surface area contributed by atoms with Gasteiger partial charge in [-0.1, -0.05) is 121 Å². The summed E-state index contributed by atoms with van der Waals surface area (Å²) in [5.74, 6) is 0. The zero-order chi connectivity index (χ0) is 24.7. The van der Waals surface area contributed by atoms with Crippen LogP contribution in [0.2, 0.25) is 0 Å². The fourth-order valence-electron chi connectivity index (χ4n) is 4.68. The van der Waals surface area contributed by atoms with E-state index in [0.717, 1.165) is 65.0 Å². The van der Waals surface area contributed by atoms with E-state index in [1.54, 1.807) is 0 Å². The predicted molar refractivity (Wildman–Crippen MR) is 161 cm³/mol. The molecular weight excluding hydrogens is 472 g/mol. The van der Waals surface area contributed by atoms with Crippen LogP contribution in [-0.2, 0) is 25.7 Å². The average molecular weight is 513 g/mol. The van der Waals surface area contributed by atoms with Crippen molar-refractivity contribution in [3.8, 4) is 0 Å². The maximum atomic E-state index is 2.66. The molecule has 0 saturated heterocycles. The molecule has 0 radical (unpaired) electrons. The van der Waals surface area contributed by atoms with Crippen molar-refractivity contribution in [1.29, 1.82) is 0 Å². The van der Waals surface area contributed by atoms with Gasteiger partial charge in [0.15, 0.2) is 0 Å². The standard InChI is InChI=1S/C34H40N2.ClH/c1-5-13-31(14-6-1)21-25-35(26-22-32-15-7-2-8-16-32)29-30-36(27-23-33-17-9-3-10-18-33)28-24-34-19-11-4-12-20-34;/h1-20H,21-30H2;1H. The highest BCUT2D eigenvalue weighted by atomic mass is 35.5. The Kier molecular flexibility index (Phi) is 13.0. The van der Waals surface area contributed by atoms with Gasteiger partial charge in [-0.25, -0.2) is 0 Å². The summed E-state index contributed by atoms with van der Waals surface area (Å²) in [6, 6.07) is 43.6. The summed E-state index contributed by atoms with van der Waals surface area (Å²) in [6.45, 7) is 6.60. The molecule has 0 saturated carbocycles. The minimum Gasteiger partial charge on any atom is -0.301 e. The molecular formula is C34H41ClN2. The van der Waals surface area contributed by atoms with E-state index in [4.69, 9.17) is 0 Å². The normalized spacial score (nSPS) is 11.0. The Morgan fingerprint density at radius 2 is 0.514 bits per heavy atom. The second kappa shape index (κ2) is 16.8. The number of hydrogen-bond acceptors (Lipinski definition) is 2. The number of benzene rings is 4. The van der Waals surface area contributed by atoms with Crippen molar-refractivity contribution in [2.24, 2.45) is 0 Å². The van der Waals surface area contributed by atoms with Crippen molar-refractivity contribution in [2.45, 2.75) is 25.7 Å². The monoisotopic (exact) mass is 512 g/mol. The smallest absolute Gasteiger partial charge is 0.0110 e. The Labute approximate surface area is 230 Å². The van der Waals surface area contributed by atoms with Gasteiger partial charge in [0.2, 0.25) is 0 Å². The van der Waals surface area contributed by atoms with E-state index in [1.807, 2.05) is 0 Å². The van der Waals surface area contributed by atoms with Gasteiger partial charge in [-0.2, -0.15) is 0 Å². The summed E-state index contributed by atoms with van der Waals surface area (Å²) >= 11 is 0. The van der Waals surface area contributed by atoms with E-state index in [2.05, 4.69) is 131 Å². The van der Waals surface area contributed by atoms with Gasteiger partial charge in [-0.15, -0.1) is 12.4 Å². The Hall–Kier alpha value is -2.91. The lowest BCUT2D eigenvalue weighted by atomic mass is 10.1. The molecule has 0 unspecified atom stereocenters. The van der Waals surface area contributed by atoms with Crippen molar-refractivity contribution in [3.63, 3.8) is 0 Å². The number of nitrogens with zero attached hydrogens (tertiary/aromatic N) is 2. The first-order valence-corrected chi connectivity index (χ1v) is 13.5. The fraction of sp³-hybridized carbons (Fsp3) is 0.294. The Morgan fingerprint density at radius 1 is 0.297 bits per heavy atom. The molecule has 4 aromatic rings. The molecule has 0 heterocycles. The van der Waals surface area contributed by atoms with Gasteiger partial charge in [-0.3, -0.25) is 0 Å². The van der Waals surface area contributed by atoms with Crippen LogP contribution in [0.1, 0.15) is 22.3 Å². The first kappa shape index (κ1) is 28.7. The van der Waals surface area contributed by atoms with E-state index >= 15 is 0 Å². The Bertz CT molecular complexity index is 910. The number of halogens is 1. The Morgan fingerprint density at radius 3 is 0.730 bits per heavy atom. The highest BCUT2D eigenvalue weighted by molar-refractivity contribution is 5.85. The van der Waals surface area contributed by atoms with E-state index in [-0.39, 0.29) is 12.4 Å². The Balaban J connectivity index is 0.00000380. The van der Waals surface area contributed by atoms with E-state index in [1.165, 1.54) is 22.3 Å². The minimum atomic E-state index is 0. The van der Waals surface area contributed by atoms with Gasteiger partial charge in [0, 0.05) is 39.3 Å². The highest BCUT2D eigenvalue weighted by Crippen LogP contribution is 2.08. The topological polar surface area (TPSA) is 6.48 Å². The number of rotatable bonds is 15. The van der Waals surface area contributed by atoms with Crippen molar-refractivity contribution in [1.82, 2.24) is 9.80 Å². The molecule has 0 bridgehead atoms. The summed E-state index contributed by atoms with van der Waals surface area (Å²) < 4.78 is 0. The third-order valence-electron chi connectivity index (χ3n) is 6.97. The van der Waals surface area contributed by atoms with Gasteiger partial charge in [-0.05, 0) is 47.9 Å².